The van der Waals surface area contributed by atoms with Gasteiger partial charge in [0.25, 0.3) is 10.0 Å². The summed E-state index contributed by atoms with van der Waals surface area (Å²) >= 11 is 0.215. The van der Waals surface area contributed by atoms with E-state index < -0.39 is 68.0 Å². The van der Waals surface area contributed by atoms with Gasteiger partial charge < -0.3 is 14.5 Å². The van der Waals surface area contributed by atoms with Crippen molar-refractivity contribution in [2.45, 2.75) is 4.21 Å². The fraction of sp³-hybridized carbons (Fsp3) is 0.273. The maximum Gasteiger partial charge on any atom is 0.340 e. The van der Waals surface area contributed by atoms with Crippen molar-refractivity contribution >= 4 is 39.0 Å². The smallest absolute Gasteiger partial charge is 0.340 e. The van der Waals surface area contributed by atoms with Crippen LogP contribution in [-0.4, -0.2) is 37.6 Å². The van der Waals surface area contributed by atoms with E-state index in [9.17, 15) is 26.2 Å². The lowest BCUT2D eigenvalue weighted by atomic mass is 10.2. The Balaban J connectivity index is 2.47. The molecule has 0 saturated carbocycles. The fourth-order valence-electron chi connectivity index (χ4n) is 1.84. The third-order valence-corrected chi connectivity index (χ3v) is 6.75. The van der Waals surface area contributed by atoms with Crippen molar-refractivity contribution in [1.29, 1.82) is 0 Å². The van der Waals surface area contributed by atoms with E-state index in [0.29, 0.717) is 6.07 Å². The van der Waals surface area contributed by atoms with E-state index >= 15 is 0 Å². The van der Waals surface area contributed by atoms with Crippen molar-refractivity contribution in [3.63, 3.8) is 0 Å². The first kappa shape index (κ1) is 21.4. The standard InChI is InChI=1S/C11H10F3N4O6PS2/c12-7-5-3-6(27(22,23)17-4-25(19,20)21)26-11(5)9(14)10(8(7)13)24-2-1-16-18-15/h3,17H,1-2,4H2,(H2,19,20,21). The molecule has 1 heterocycles. The first-order valence-corrected chi connectivity index (χ1v) is 10.9. The maximum atomic E-state index is 14.4. The summed E-state index contributed by atoms with van der Waals surface area (Å²) < 4.78 is 82.5. The Morgan fingerprint density at radius 2 is 1.96 bits per heavy atom. The zero-order valence-electron chi connectivity index (χ0n) is 13.0. The van der Waals surface area contributed by atoms with Gasteiger partial charge in [-0.25, -0.2) is 17.2 Å². The third-order valence-electron chi connectivity index (χ3n) is 2.96. The van der Waals surface area contributed by atoms with E-state index in [1.807, 2.05) is 0 Å². The monoisotopic (exact) mass is 446 g/mol. The Hall–Kier alpha value is -1.86. The van der Waals surface area contributed by atoms with Gasteiger partial charge in [-0.3, -0.25) is 4.57 Å². The van der Waals surface area contributed by atoms with Gasteiger partial charge in [-0.1, -0.05) is 5.11 Å². The minimum Gasteiger partial charge on any atom is -0.487 e. The Labute approximate surface area is 153 Å². The number of hydrogen-bond donors (Lipinski definition) is 3. The van der Waals surface area contributed by atoms with Gasteiger partial charge in [0.2, 0.25) is 5.82 Å². The highest BCUT2D eigenvalue weighted by Gasteiger charge is 2.28. The zero-order valence-corrected chi connectivity index (χ0v) is 15.5. The van der Waals surface area contributed by atoms with Crippen LogP contribution < -0.4 is 9.46 Å². The van der Waals surface area contributed by atoms with Gasteiger partial charge >= 0.3 is 7.60 Å². The van der Waals surface area contributed by atoms with Crippen molar-refractivity contribution in [2.24, 2.45) is 5.11 Å². The van der Waals surface area contributed by atoms with Crippen molar-refractivity contribution in [2.75, 3.05) is 19.4 Å². The SMILES string of the molecule is [N-]=[N+]=NCCOc1c(F)c(F)c2cc(S(=O)(=O)NCP(=O)(O)O)sc2c1F. The molecule has 0 radical (unpaired) electrons. The molecule has 2 rings (SSSR count). The van der Waals surface area contributed by atoms with Crippen LogP contribution in [0, 0.1) is 17.5 Å². The molecule has 3 N–H and O–H groups in total. The molecule has 0 aliphatic rings. The average Bonchev–Trinajstić information content (AvgIpc) is 3.04. The summed E-state index contributed by atoms with van der Waals surface area (Å²) in [6.45, 7) is -0.741. The van der Waals surface area contributed by atoms with E-state index in [2.05, 4.69) is 10.0 Å². The number of halogens is 3. The van der Waals surface area contributed by atoms with Crippen LogP contribution in [0.5, 0.6) is 5.75 Å². The quantitative estimate of drug-likeness (QED) is 0.141. The topological polar surface area (TPSA) is 162 Å². The third kappa shape index (κ3) is 4.90. The van der Waals surface area contributed by atoms with Gasteiger partial charge in [0.15, 0.2) is 17.4 Å². The highest BCUT2D eigenvalue weighted by atomic mass is 32.2. The Morgan fingerprint density at radius 3 is 2.56 bits per heavy atom. The lowest BCUT2D eigenvalue weighted by molar-refractivity contribution is 0.289. The molecule has 0 aliphatic heterocycles. The van der Waals surface area contributed by atoms with Gasteiger partial charge in [-0.15, -0.1) is 11.3 Å². The summed E-state index contributed by atoms with van der Waals surface area (Å²) in [5, 5.41) is 2.39. The molecule has 0 aliphatic carbocycles. The van der Waals surface area contributed by atoms with Crippen LogP contribution in [0.2, 0.25) is 0 Å². The minimum absolute atomic E-state index is 0.215. The van der Waals surface area contributed by atoms with Crippen LogP contribution in [0.1, 0.15) is 0 Å². The maximum absolute atomic E-state index is 14.4. The van der Waals surface area contributed by atoms with Gasteiger partial charge in [0.05, 0.1) is 17.9 Å². The second kappa shape index (κ2) is 8.02. The molecule has 1 aromatic carbocycles. The molecule has 0 bridgehead atoms. The van der Waals surface area contributed by atoms with E-state index in [-0.39, 0.29) is 17.9 Å². The summed E-state index contributed by atoms with van der Waals surface area (Å²) in [7, 11) is -9.23. The van der Waals surface area contributed by atoms with Crippen LogP contribution in [0.3, 0.4) is 0 Å². The molecule has 2 aromatic rings. The van der Waals surface area contributed by atoms with Crippen molar-refractivity contribution in [3.05, 3.63) is 34.0 Å². The molecule has 27 heavy (non-hydrogen) atoms. The first-order chi connectivity index (χ1) is 12.5. The van der Waals surface area contributed by atoms with Gasteiger partial charge in [-0.2, -0.15) is 9.11 Å². The molecule has 0 atom stereocenters. The molecule has 0 spiro atoms. The molecule has 0 fully saturated rings. The summed E-state index contributed by atoms with van der Waals surface area (Å²) in [6.07, 6.45) is -1.23. The van der Waals surface area contributed by atoms with Crippen molar-refractivity contribution < 1.29 is 40.7 Å². The van der Waals surface area contributed by atoms with Crippen LogP contribution in [0.15, 0.2) is 15.4 Å². The summed E-state index contributed by atoms with van der Waals surface area (Å²) in [6, 6.07) is 0.632. The van der Waals surface area contributed by atoms with Crippen LogP contribution >= 0.6 is 18.9 Å². The molecular weight excluding hydrogens is 436 g/mol. The average molecular weight is 446 g/mol. The second-order valence-electron chi connectivity index (χ2n) is 4.85. The number of thiophene rings is 1. The Bertz CT molecular complexity index is 1080. The van der Waals surface area contributed by atoms with E-state index in [1.165, 1.54) is 0 Å². The molecule has 0 unspecified atom stereocenters. The lowest BCUT2D eigenvalue weighted by Crippen LogP contribution is -2.23. The molecule has 0 saturated heterocycles. The fourth-order valence-corrected chi connectivity index (χ4v) is 5.30. The first-order valence-electron chi connectivity index (χ1n) is 6.76. The number of fused-ring (bicyclic) bond motifs is 1. The minimum atomic E-state index is -4.72. The zero-order chi connectivity index (χ0) is 20.4. The van der Waals surface area contributed by atoms with Gasteiger partial charge in [-0.05, 0) is 11.6 Å². The highest BCUT2D eigenvalue weighted by molar-refractivity contribution is 7.92. The second-order valence-corrected chi connectivity index (χ2v) is 9.54. The summed E-state index contributed by atoms with van der Waals surface area (Å²) in [4.78, 5) is 19.8. The normalized spacial score (nSPS) is 12.2. The number of sulfonamides is 1. The largest absolute Gasteiger partial charge is 0.487 e. The Kier molecular flexibility index (Phi) is 6.37. The number of rotatable bonds is 8. The van der Waals surface area contributed by atoms with Crippen LogP contribution in [0.4, 0.5) is 13.2 Å². The van der Waals surface area contributed by atoms with Crippen LogP contribution in [0.25, 0.3) is 20.5 Å². The molecular formula is C11H10F3N4O6PS2. The summed E-state index contributed by atoms with van der Waals surface area (Å²) in [5.41, 5.74) is 8.12. The Morgan fingerprint density at radius 1 is 1.30 bits per heavy atom. The van der Waals surface area contributed by atoms with Crippen molar-refractivity contribution in [1.82, 2.24) is 4.72 Å². The number of nitrogens with zero attached hydrogens (tertiary/aromatic N) is 3. The lowest BCUT2D eigenvalue weighted by Gasteiger charge is -2.08. The van der Waals surface area contributed by atoms with E-state index in [4.69, 9.17) is 20.1 Å². The molecule has 10 nitrogen and oxygen atoms in total. The molecule has 16 heteroatoms. The number of ether oxygens (including phenoxy) is 1. The number of benzene rings is 1. The van der Waals surface area contributed by atoms with Crippen LogP contribution in [-0.2, 0) is 14.6 Å². The number of nitrogens with one attached hydrogen (secondary N) is 1. The van der Waals surface area contributed by atoms with Crippen molar-refractivity contribution in [3.8, 4) is 5.75 Å². The summed E-state index contributed by atoms with van der Waals surface area (Å²) in [5.74, 6) is -5.75. The van der Waals surface area contributed by atoms with E-state index in [1.54, 1.807) is 4.72 Å². The van der Waals surface area contributed by atoms with Gasteiger partial charge in [0.1, 0.15) is 10.5 Å². The predicted octanol–water partition coefficient (Wildman–Crippen LogP) is 2.42. The van der Waals surface area contributed by atoms with E-state index in [0.717, 1.165) is 0 Å². The number of azide groups is 1. The molecule has 0 amide bonds. The molecule has 1 aromatic heterocycles. The molecule has 148 valence electrons. The predicted molar refractivity (Wildman–Crippen MR) is 88.4 cm³/mol. The number of hydrogen-bond acceptors (Lipinski definition) is 6. The van der Waals surface area contributed by atoms with Gasteiger partial charge in [0, 0.05) is 10.3 Å². The highest BCUT2D eigenvalue weighted by Crippen LogP contribution is 2.39.